The number of nitrogens with zero attached hydrogens (tertiary/aromatic N) is 2. The highest BCUT2D eigenvalue weighted by Gasteiger charge is 2.39. The first-order valence-electron chi connectivity index (χ1n) is 10.1. The number of aromatic nitrogens is 2. The number of methoxy groups -OCH3 is 1. The molecule has 1 amide bonds. The Kier molecular flexibility index (Phi) is 7.86. The summed E-state index contributed by atoms with van der Waals surface area (Å²) in [7, 11) is -2.74. The Hall–Kier alpha value is -3.95. The fourth-order valence-corrected chi connectivity index (χ4v) is 4.29. The molecule has 38 heavy (non-hydrogen) atoms. The van der Waals surface area contributed by atoms with Gasteiger partial charge in [-0.15, -0.1) is 0 Å². The predicted molar refractivity (Wildman–Crippen MR) is 122 cm³/mol. The first-order valence-corrected chi connectivity index (χ1v) is 12.1. The summed E-state index contributed by atoms with van der Waals surface area (Å²) in [6.07, 6.45) is -9.01. The van der Waals surface area contributed by atoms with Crippen molar-refractivity contribution >= 4 is 32.6 Å². The Morgan fingerprint density at radius 3 is 2.29 bits per heavy atom. The van der Waals surface area contributed by atoms with Crippen LogP contribution in [-0.2, 0) is 20.7 Å². The molecular weight excluding hydrogens is 552 g/mol. The Bertz CT molecular complexity index is 1500. The van der Waals surface area contributed by atoms with E-state index < -0.39 is 56.7 Å². The monoisotopic (exact) mass is 568 g/mol. The van der Waals surface area contributed by atoms with Crippen LogP contribution >= 0.6 is 0 Å². The molecule has 16 heteroatoms. The summed E-state index contributed by atoms with van der Waals surface area (Å²) in [5, 5.41) is 2.92. The lowest BCUT2D eigenvalue weighted by Crippen LogP contribution is -2.40. The van der Waals surface area contributed by atoms with E-state index in [4.69, 9.17) is 4.74 Å². The van der Waals surface area contributed by atoms with Crippen LogP contribution in [0.1, 0.15) is 11.3 Å². The van der Waals surface area contributed by atoms with E-state index in [9.17, 15) is 44.1 Å². The third kappa shape index (κ3) is 7.08. The second-order valence-electron chi connectivity index (χ2n) is 7.64. The molecule has 1 aromatic carbocycles. The number of rotatable bonds is 6. The van der Waals surface area contributed by atoms with Crippen LogP contribution in [-0.4, -0.2) is 45.0 Å². The highest BCUT2D eigenvalue weighted by Crippen LogP contribution is 2.34. The molecule has 3 aromatic rings. The van der Waals surface area contributed by atoms with Crippen molar-refractivity contribution in [1.82, 2.24) is 14.7 Å². The summed E-state index contributed by atoms with van der Waals surface area (Å²) in [6.45, 7) is 0. The van der Waals surface area contributed by atoms with Crippen LogP contribution in [0.3, 0.4) is 0 Å². The maximum Gasteiger partial charge on any atom is 0.472 e. The molecule has 1 atom stereocenters. The predicted octanol–water partition coefficient (Wildman–Crippen LogP) is 4.85. The standard InChI is InChI=1S/C22H16F8N4O3S/c1-37-16-7-12(23)3-4-13(16)14-8-18(31-9-15(14)24)33-19-6-11(5-17(32-19)21(25,26)27)10-38(2,36)34-20(35)22(28,29)30/h3-10H,1-2H3,(H,31,32,33)(H,34,35,36). The first kappa shape index (κ1) is 28.6. The van der Waals surface area contributed by atoms with Crippen molar-refractivity contribution in [3.8, 4) is 16.9 Å². The Labute approximate surface area is 210 Å². The summed E-state index contributed by atoms with van der Waals surface area (Å²) in [5.74, 6) is -4.93. The van der Waals surface area contributed by atoms with Crippen molar-refractivity contribution < 1.29 is 48.9 Å². The summed E-state index contributed by atoms with van der Waals surface area (Å²) in [4.78, 5) is 18.2. The van der Waals surface area contributed by atoms with E-state index in [0.29, 0.717) is 17.7 Å². The Morgan fingerprint density at radius 1 is 1.00 bits per heavy atom. The Balaban J connectivity index is 2.05. The zero-order valence-electron chi connectivity index (χ0n) is 19.2. The van der Waals surface area contributed by atoms with Gasteiger partial charge in [0.05, 0.1) is 23.0 Å². The minimum Gasteiger partial charge on any atom is -0.496 e. The zero-order valence-corrected chi connectivity index (χ0v) is 20.0. The average Bonchev–Trinajstić information content (AvgIpc) is 2.78. The van der Waals surface area contributed by atoms with E-state index in [0.717, 1.165) is 30.5 Å². The fraction of sp³-hybridized carbons (Fsp3) is 0.182. The first-order chi connectivity index (χ1) is 17.5. The van der Waals surface area contributed by atoms with Gasteiger partial charge in [0.1, 0.15) is 34.7 Å². The molecule has 0 saturated heterocycles. The number of carbonyl (C=O) groups is 1. The van der Waals surface area contributed by atoms with E-state index in [1.165, 1.54) is 17.9 Å². The van der Waals surface area contributed by atoms with E-state index in [2.05, 4.69) is 15.3 Å². The van der Waals surface area contributed by atoms with Gasteiger partial charge in [-0.2, -0.15) is 26.3 Å². The van der Waals surface area contributed by atoms with Crippen molar-refractivity contribution in [3.05, 3.63) is 65.5 Å². The lowest BCUT2D eigenvalue weighted by Gasteiger charge is -2.14. The number of anilines is 2. The van der Waals surface area contributed by atoms with E-state index in [1.807, 2.05) is 0 Å². The number of ether oxygens (including phenoxy) is 1. The van der Waals surface area contributed by atoms with Gasteiger partial charge >= 0.3 is 18.3 Å². The van der Waals surface area contributed by atoms with E-state index in [-0.39, 0.29) is 22.7 Å². The number of benzene rings is 1. The lowest BCUT2D eigenvalue weighted by molar-refractivity contribution is -0.171. The van der Waals surface area contributed by atoms with Gasteiger partial charge < -0.3 is 10.1 Å². The molecule has 1 unspecified atom stereocenters. The topological polar surface area (TPSA) is 93.2 Å². The maximum atomic E-state index is 14.5. The van der Waals surface area contributed by atoms with Gasteiger partial charge in [-0.1, -0.05) is 0 Å². The van der Waals surface area contributed by atoms with Crippen LogP contribution in [0.25, 0.3) is 11.1 Å². The van der Waals surface area contributed by atoms with Gasteiger partial charge in [0, 0.05) is 28.8 Å². The van der Waals surface area contributed by atoms with Crippen LogP contribution in [0.4, 0.5) is 46.8 Å². The molecule has 0 spiro atoms. The average molecular weight is 568 g/mol. The van der Waals surface area contributed by atoms with E-state index in [1.54, 1.807) is 0 Å². The second kappa shape index (κ2) is 10.4. The molecule has 0 bridgehead atoms. The Morgan fingerprint density at radius 2 is 1.68 bits per heavy atom. The quantitative estimate of drug-likeness (QED) is 0.326. The fourth-order valence-electron chi connectivity index (χ4n) is 3.09. The molecule has 204 valence electrons. The van der Waals surface area contributed by atoms with Gasteiger partial charge in [-0.3, -0.25) is 9.52 Å². The zero-order chi connectivity index (χ0) is 28.5. The van der Waals surface area contributed by atoms with Gasteiger partial charge in [0.25, 0.3) is 0 Å². The molecule has 2 N–H and O–H groups in total. The minimum absolute atomic E-state index is 0.0475. The molecule has 3 rings (SSSR count). The molecule has 0 aliphatic rings. The van der Waals surface area contributed by atoms with Crippen molar-refractivity contribution in [2.75, 3.05) is 18.7 Å². The van der Waals surface area contributed by atoms with Crippen molar-refractivity contribution in [3.63, 3.8) is 0 Å². The number of hydrogen-bond donors (Lipinski definition) is 2. The van der Waals surface area contributed by atoms with Gasteiger partial charge in [0.15, 0.2) is 0 Å². The van der Waals surface area contributed by atoms with Crippen LogP contribution in [0.2, 0.25) is 0 Å². The maximum absolute atomic E-state index is 14.5. The number of pyridine rings is 2. The van der Waals surface area contributed by atoms with Crippen molar-refractivity contribution in [1.29, 1.82) is 0 Å². The number of halogens is 8. The molecule has 0 aliphatic carbocycles. The second-order valence-corrected chi connectivity index (χ2v) is 9.89. The number of nitrogens with one attached hydrogen (secondary N) is 2. The molecule has 2 aromatic heterocycles. The third-order valence-electron chi connectivity index (χ3n) is 4.62. The number of amides is 1. The number of carbonyl (C=O) groups excluding carboxylic acids is 1. The normalized spacial score (nSPS) is 13.4. The highest BCUT2D eigenvalue weighted by molar-refractivity contribution is 7.99. The molecule has 0 radical (unpaired) electrons. The smallest absolute Gasteiger partial charge is 0.472 e. The largest absolute Gasteiger partial charge is 0.496 e. The van der Waals surface area contributed by atoms with Gasteiger partial charge in [-0.05, 0) is 35.9 Å². The summed E-state index contributed by atoms with van der Waals surface area (Å²) < 4.78 is 125. The molecule has 0 saturated carbocycles. The highest BCUT2D eigenvalue weighted by atomic mass is 32.2. The van der Waals surface area contributed by atoms with Crippen molar-refractivity contribution in [2.24, 2.45) is 0 Å². The molecular formula is C22H16F8N4O3S. The van der Waals surface area contributed by atoms with Crippen LogP contribution in [0.15, 0.2) is 42.6 Å². The number of hydrogen-bond acceptors (Lipinski definition) is 6. The van der Waals surface area contributed by atoms with Crippen LogP contribution < -0.4 is 14.8 Å². The molecule has 7 nitrogen and oxygen atoms in total. The molecule has 0 fully saturated rings. The van der Waals surface area contributed by atoms with Gasteiger partial charge in [-0.25, -0.2) is 23.0 Å². The van der Waals surface area contributed by atoms with Crippen molar-refractivity contribution in [2.45, 2.75) is 12.4 Å². The molecule has 2 heterocycles. The SMILES string of the molecule is COc1cc(F)ccc1-c1cc(Nc2cc(C=S(C)(=O)NC(=O)C(F)(F)F)cc(C(F)(F)F)n2)ncc1F. The van der Waals surface area contributed by atoms with E-state index >= 15 is 0 Å². The summed E-state index contributed by atoms with van der Waals surface area (Å²) in [6, 6.07) is 5.59. The van der Waals surface area contributed by atoms with Crippen LogP contribution in [0, 0.1) is 11.6 Å². The van der Waals surface area contributed by atoms with Gasteiger partial charge in [0.2, 0.25) is 0 Å². The summed E-state index contributed by atoms with van der Waals surface area (Å²) in [5.41, 5.74) is -2.10. The molecule has 0 aliphatic heterocycles. The number of alkyl halides is 6. The summed E-state index contributed by atoms with van der Waals surface area (Å²) >= 11 is 0. The lowest BCUT2D eigenvalue weighted by atomic mass is 10.0. The van der Waals surface area contributed by atoms with Crippen LogP contribution in [0.5, 0.6) is 5.75 Å². The third-order valence-corrected chi connectivity index (χ3v) is 5.93. The minimum atomic E-state index is -5.38.